The smallest absolute Gasteiger partial charge is 0.330 e. The molecule has 0 spiro atoms. The molecule has 0 aromatic heterocycles. The summed E-state index contributed by atoms with van der Waals surface area (Å²) in [7, 11) is 0. The van der Waals surface area contributed by atoms with E-state index in [9.17, 15) is 14.4 Å². The average molecular weight is 537 g/mol. The maximum Gasteiger partial charge on any atom is 0.330 e. The Morgan fingerprint density at radius 2 is 1.28 bits per heavy atom. The van der Waals surface area contributed by atoms with Gasteiger partial charge in [0.2, 0.25) is 0 Å². The lowest BCUT2D eigenvalue weighted by Gasteiger charge is -2.53. The standard InChI is InChI=1S/C34H48O5/c1-13-38-27(35)19-18-23-14-16-24(17-15-23)22-39-29(37)33(11,12)34(32(8,9)10)20-25(30(2,3)4)28(36)26(21-34)31(5,6)7/h14-21H,13,22H2,1-12H3/b19-18+. The molecule has 0 amide bonds. The molecule has 1 aromatic rings. The van der Waals surface area contributed by atoms with Gasteiger partial charge in [0, 0.05) is 22.6 Å². The summed E-state index contributed by atoms with van der Waals surface area (Å²) < 4.78 is 10.8. The first-order valence-electron chi connectivity index (χ1n) is 13.8. The average Bonchev–Trinajstić information content (AvgIpc) is 2.79. The molecule has 0 heterocycles. The highest BCUT2D eigenvalue weighted by Crippen LogP contribution is 2.59. The van der Waals surface area contributed by atoms with Gasteiger partial charge in [0.15, 0.2) is 5.78 Å². The minimum Gasteiger partial charge on any atom is -0.463 e. The summed E-state index contributed by atoms with van der Waals surface area (Å²) in [5.74, 6) is -0.662. The molecule has 0 saturated carbocycles. The number of benzene rings is 1. The highest BCUT2D eigenvalue weighted by Gasteiger charge is 2.58. The van der Waals surface area contributed by atoms with Gasteiger partial charge >= 0.3 is 11.9 Å². The second-order valence-electron chi connectivity index (χ2n) is 14.1. The molecule has 1 aliphatic rings. The minimum atomic E-state index is -0.971. The third-order valence-corrected chi connectivity index (χ3v) is 7.68. The van der Waals surface area contributed by atoms with Crippen LogP contribution in [0.15, 0.2) is 53.6 Å². The van der Waals surface area contributed by atoms with Crippen molar-refractivity contribution in [2.45, 2.75) is 89.7 Å². The van der Waals surface area contributed by atoms with Crippen LogP contribution in [0.4, 0.5) is 0 Å². The van der Waals surface area contributed by atoms with Crippen LogP contribution in [0, 0.1) is 27.1 Å². The van der Waals surface area contributed by atoms with Crippen LogP contribution in [-0.4, -0.2) is 24.3 Å². The van der Waals surface area contributed by atoms with Gasteiger partial charge < -0.3 is 9.47 Å². The Morgan fingerprint density at radius 1 is 0.795 bits per heavy atom. The fourth-order valence-electron chi connectivity index (χ4n) is 5.20. The minimum absolute atomic E-state index is 0.0520. The molecule has 0 bridgehead atoms. The summed E-state index contributed by atoms with van der Waals surface area (Å²) in [6.45, 7) is 24.7. The van der Waals surface area contributed by atoms with Gasteiger partial charge in [-0.05, 0) is 54.2 Å². The molecule has 39 heavy (non-hydrogen) atoms. The first-order valence-corrected chi connectivity index (χ1v) is 13.8. The van der Waals surface area contributed by atoms with Crippen molar-refractivity contribution in [1.29, 1.82) is 0 Å². The van der Waals surface area contributed by atoms with Crippen molar-refractivity contribution in [3.63, 3.8) is 0 Å². The van der Waals surface area contributed by atoms with Gasteiger partial charge in [-0.25, -0.2) is 4.79 Å². The molecular weight excluding hydrogens is 488 g/mol. The van der Waals surface area contributed by atoms with Gasteiger partial charge in [0.05, 0.1) is 12.0 Å². The number of carbonyl (C=O) groups is 3. The Bertz CT molecular complexity index is 1140. The molecule has 0 radical (unpaired) electrons. The number of Topliss-reactive ketones (excluding diaryl/α,β-unsaturated/α-hetero) is 1. The summed E-state index contributed by atoms with van der Waals surface area (Å²) in [5, 5.41) is 0. The summed E-state index contributed by atoms with van der Waals surface area (Å²) in [6, 6.07) is 7.48. The highest BCUT2D eigenvalue weighted by atomic mass is 16.5. The largest absolute Gasteiger partial charge is 0.463 e. The van der Waals surface area contributed by atoms with Crippen molar-refractivity contribution in [3.8, 4) is 0 Å². The van der Waals surface area contributed by atoms with Crippen LogP contribution in [0.1, 0.15) is 94.2 Å². The zero-order valence-electron chi connectivity index (χ0n) is 26.1. The van der Waals surface area contributed by atoms with E-state index in [2.05, 4.69) is 32.9 Å². The molecule has 0 atom stereocenters. The van der Waals surface area contributed by atoms with Crippen molar-refractivity contribution in [2.24, 2.45) is 27.1 Å². The molecule has 0 fully saturated rings. The van der Waals surface area contributed by atoms with E-state index in [0.717, 1.165) is 22.3 Å². The predicted molar refractivity (Wildman–Crippen MR) is 158 cm³/mol. The Morgan fingerprint density at radius 3 is 1.69 bits per heavy atom. The van der Waals surface area contributed by atoms with Gasteiger partial charge in [-0.15, -0.1) is 0 Å². The van der Waals surface area contributed by atoms with Crippen molar-refractivity contribution in [3.05, 3.63) is 64.8 Å². The maximum absolute atomic E-state index is 13.9. The maximum atomic E-state index is 13.9. The fraction of sp³-hybridized carbons (Fsp3) is 0.559. The Kier molecular flexibility index (Phi) is 9.32. The normalized spacial score (nSPS) is 16.6. The molecule has 0 aliphatic heterocycles. The number of esters is 2. The van der Waals surface area contributed by atoms with Crippen LogP contribution in [0.2, 0.25) is 0 Å². The van der Waals surface area contributed by atoms with Crippen LogP contribution in [0.25, 0.3) is 6.08 Å². The second-order valence-corrected chi connectivity index (χ2v) is 14.1. The number of hydrogen-bond donors (Lipinski definition) is 0. The van der Waals surface area contributed by atoms with E-state index >= 15 is 0 Å². The van der Waals surface area contributed by atoms with Gasteiger partial charge in [-0.1, -0.05) is 98.7 Å². The van der Waals surface area contributed by atoms with Crippen LogP contribution < -0.4 is 0 Å². The lowest BCUT2D eigenvalue weighted by molar-refractivity contribution is -0.164. The first-order chi connectivity index (χ1) is 17.7. The lowest BCUT2D eigenvalue weighted by atomic mass is 9.49. The van der Waals surface area contributed by atoms with Gasteiger partial charge in [-0.3, -0.25) is 9.59 Å². The van der Waals surface area contributed by atoms with Crippen molar-refractivity contribution in [1.82, 2.24) is 0 Å². The topological polar surface area (TPSA) is 69.7 Å². The molecule has 0 unspecified atom stereocenters. The van der Waals surface area contributed by atoms with E-state index in [-0.39, 0.29) is 35.2 Å². The molecule has 214 valence electrons. The molecule has 2 rings (SSSR count). The Labute approximate surface area is 235 Å². The monoisotopic (exact) mass is 536 g/mol. The molecule has 0 N–H and O–H groups in total. The molecule has 5 nitrogen and oxygen atoms in total. The number of carbonyl (C=O) groups excluding carboxylic acids is 3. The molecule has 1 aliphatic carbocycles. The third kappa shape index (κ3) is 6.98. The van der Waals surface area contributed by atoms with Gasteiger partial charge in [-0.2, -0.15) is 0 Å². The zero-order valence-corrected chi connectivity index (χ0v) is 26.1. The van der Waals surface area contributed by atoms with E-state index in [1.807, 2.05) is 79.7 Å². The fourth-order valence-corrected chi connectivity index (χ4v) is 5.20. The van der Waals surface area contributed by atoms with E-state index in [1.165, 1.54) is 6.08 Å². The quantitative estimate of drug-likeness (QED) is 0.262. The highest BCUT2D eigenvalue weighted by molar-refractivity contribution is 6.11. The predicted octanol–water partition coefficient (Wildman–Crippen LogP) is 7.89. The van der Waals surface area contributed by atoms with Crippen LogP contribution in [0.3, 0.4) is 0 Å². The van der Waals surface area contributed by atoms with Crippen LogP contribution in [-0.2, 0) is 30.5 Å². The van der Waals surface area contributed by atoms with Crippen LogP contribution >= 0.6 is 0 Å². The summed E-state index contributed by atoms with van der Waals surface area (Å²) >= 11 is 0. The zero-order chi connectivity index (χ0) is 30.0. The van der Waals surface area contributed by atoms with E-state index in [4.69, 9.17) is 9.47 Å². The summed E-state index contributed by atoms with van der Waals surface area (Å²) in [5.41, 5.74) is 0.248. The van der Waals surface area contributed by atoms with Gasteiger partial charge in [0.1, 0.15) is 6.61 Å². The Hall–Kier alpha value is -2.95. The molecule has 0 saturated heterocycles. The number of ketones is 1. The van der Waals surface area contributed by atoms with E-state index in [1.54, 1.807) is 13.0 Å². The second kappa shape index (κ2) is 11.3. The summed E-state index contributed by atoms with van der Waals surface area (Å²) in [6.07, 6.45) is 7.18. The van der Waals surface area contributed by atoms with Crippen molar-refractivity contribution < 1.29 is 23.9 Å². The molecule has 1 aromatic carbocycles. The SMILES string of the molecule is CCOC(=O)/C=C/c1ccc(COC(=O)C(C)(C)C2(C(C)(C)C)C=C(C(C)(C)C)C(=O)C(C(C)(C)C)=C2)cc1. The van der Waals surface area contributed by atoms with E-state index in [0.29, 0.717) is 6.61 Å². The first kappa shape index (κ1) is 32.3. The van der Waals surface area contributed by atoms with Crippen molar-refractivity contribution >= 4 is 23.8 Å². The van der Waals surface area contributed by atoms with Crippen LogP contribution in [0.5, 0.6) is 0 Å². The van der Waals surface area contributed by atoms with Crippen molar-refractivity contribution in [2.75, 3.05) is 6.61 Å². The lowest BCUT2D eigenvalue weighted by Crippen LogP contribution is -2.52. The Balaban J connectivity index is 2.44. The summed E-state index contributed by atoms with van der Waals surface area (Å²) in [4.78, 5) is 39.1. The molecular formula is C34H48O5. The number of rotatable bonds is 7. The van der Waals surface area contributed by atoms with E-state index < -0.39 is 16.2 Å². The van der Waals surface area contributed by atoms with Gasteiger partial charge in [0.25, 0.3) is 0 Å². The number of ether oxygens (including phenoxy) is 2. The number of allylic oxidation sites excluding steroid dienone is 4. The number of hydrogen-bond acceptors (Lipinski definition) is 5. The molecule has 5 heteroatoms. The third-order valence-electron chi connectivity index (χ3n) is 7.68.